The number of hydrogen-bond donors (Lipinski definition) is 6. The number of carbonyl (C=O) groups excluding carboxylic acids is 4. The molecular weight excluding hydrogens is 358 g/mol. The van der Waals surface area contributed by atoms with Crippen LogP contribution < -0.4 is 27.4 Å². The molecule has 0 aromatic carbocycles. The third-order valence-electron chi connectivity index (χ3n) is 3.81. The van der Waals surface area contributed by atoms with Gasteiger partial charge in [0.15, 0.2) is 0 Å². The summed E-state index contributed by atoms with van der Waals surface area (Å²) in [6.07, 6.45) is -0.233. The summed E-state index contributed by atoms with van der Waals surface area (Å²) < 4.78 is 0. The quantitative estimate of drug-likeness (QED) is 0.232. The van der Waals surface area contributed by atoms with Crippen LogP contribution in [-0.2, 0) is 24.0 Å². The number of carbonyl (C=O) groups is 5. The van der Waals surface area contributed by atoms with Gasteiger partial charge in [0.2, 0.25) is 23.6 Å². The number of carboxylic acids is 1. The lowest BCUT2D eigenvalue weighted by molar-refractivity contribution is -0.141. The highest BCUT2D eigenvalue weighted by Crippen LogP contribution is 2.03. The molecule has 0 rings (SSSR count). The molecule has 27 heavy (non-hydrogen) atoms. The molecule has 0 bridgehead atoms. The normalized spacial score (nSPS) is 15.2. The monoisotopic (exact) mass is 387 g/mol. The Bertz CT molecular complexity index is 580. The topological polar surface area (TPSA) is 194 Å². The largest absolute Gasteiger partial charge is 0.480 e. The average molecular weight is 387 g/mol. The lowest BCUT2D eigenvalue weighted by atomic mass is 10.0. The molecule has 0 fully saturated rings. The van der Waals surface area contributed by atoms with Crippen molar-refractivity contribution in [2.75, 3.05) is 0 Å². The van der Waals surface area contributed by atoms with Gasteiger partial charge in [0.1, 0.15) is 18.1 Å². The number of hydrogen-bond acceptors (Lipinski definition) is 6. The van der Waals surface area contributed by atoms with Gasteiger partial charge in [-0.05, 0) is 26.2 Å². The van der Waals surface area contributed by atoms with Crippen molar-refractivity contribution in [3.05, 3.63) is 0 Å². The number of aliphatic carboxylic acids is 1. The molecule has 0 aromatic rings. The van der Waals surface area contributed by atoms with Gasteiger partial charge >= 0.3 is 5.97 Å². The second-order valence-electron chi connectivity index (χ2n) is 6.63. The van der Waals surface area contributed by atoms with Crippen molar-refractivity contribution >= 4 is 29.6 Å². The van der Waals surface area contributed by atoms with Gasteiger partial charge in [-0.3, -0.25) is 24.0 Å². The second kappa shape index (κ2) is 11.1. The molecule has 11 heteroatoms. The van der Waals surface area contributed by atoms with Gasteiger partial charge in [-0.1, -0.05) is 13.8 Å². The molecule has 0 radical (unpaired) electrons. The van der Waals surface area contributed by atoms with Crippen molar-refractivity contribution in [2.45, 2.75) is 64.7 Å². The molecule has 11 nitrogen and oxygen atoms in total. The zero-order chi connectivity index (χ0) is 21.3. The Labute approximate surface area is 157 Å². The molecule has 4 unspecified atom stereocenters. The van der Waals surface area contributed by atoms with Crippen LogP contribution in [0, 0.1) is 5.92 Å². The fourth-order valence-electron chi connectivity index (χ4n) is 1.91. The highest BCUT2D eigenvalue weighted by molar-refractivity contribution is 5.94. The molecule has 0 aliphatic heterocycles. The molecule has 0 aliphatic carbocycles. The molecule has 0 spiro atoms. The predicted octanol–water partition coefficient (Wildman–Crippen LogP) is -2.19. The Hall–Kier alpha value is -2.69. The molecule has 0 aromatic heterocycles. The standard InChI is InChI=1S/C16H29N5O6/c1-7(2)12(18)15(25)21-10(5-6-11(17)22)14(24)19-8(3)13(23)20-9(4)16(26)27/h7-10,12H,5-6,18H2,1-4H3,(H2,17,22)(H,19,24)(H,20,23)(H,21,25)(H,26,27). The molecule has 4 amide bonds. The summed E-state index contributed by atoms with van der Waals surface area (Å²) in [4.78, 5) is 58.2. The maximum absolute atomic E-state index is 12.4. The van der Waals surface area contributed by atoms with Gasteiger partial charge in [-0.25, -0.2) is 0 Å². The first-order chi connectivity index (χ1) is 12.4. The molecule has 154 valence electrons. The lowest BCUT2D eigenvalue weighted by Gasteiger charge is -2.23. The van der Waals surface area contributed by atoms with Crippen LogP contribution in [0.2, 0.25) is 0 Å². The van der Waals surface area contributed by atoms with Crippen LogP contribution in [0.25, 0.3) is 0 Å². The fourth-order valence-corrected chi connectivity index (χ4v) is 1.91. The van der Waals surface area contributed by atoms with E-state index in [0.29, 0.717) is 0 Å². The third kappa shape index (κ3) is 8.99. The van der Waals surface area contributed by atoms with E-state index in [-0.39, 0.29) is 18.8 Å². The summed E-state index contributed by atoms with van der Waals surface area (Å²) in [5, 5.41) is 15.8. The minimum absolute atomic E-state index is 0.0718. The van der Waals surface area contributed by atoms with Crippen LogP contribution in [0.15, 0.2) is 0 Å². The van der Waals surface area contributed by atoms with E-state index in [1.165, 1.54) is 13.8 Å². The number of nitrogens with one attached hydrogen (secondary N) is 3. The number of carboxylic acid groups (broad SMARTS) is 1. The van der Waals surface area contributed by atoms with Crippen LogP contribution in [0.5, 0.6) is 0 Å². The molecule has 0 saturated heterocycles. The summed E-state index contributed by atoms with van der Waals surface area (Å²) in [7, 11) is 0. The van der Waals surface area contributed by atoms with E-state index in [2.05, 4.69) is 16.0 Å². The lowest BCUT2D eigenvalue weighted by Crippen LogP contribution is -2.56. The maximum Gasteiger partial charge on any atom is 0.325 e. The van der Waals surface area contributed by atoms with Crippen molar-refractivity contribution in [3.8, 4) is 0 Å². The zero-order valence-corrected chi connectivity index (χ0v) is 15.9. The van der Waals surface area contributed by atoms with Gasteiger partial charge in [-0.15, -0.1) is 0 Å². The van der Waals surface area contributed by atoms with E-state index >= 15 is 0 Å². The Balaban J connectivity index is 5.01. The summed E-state index contributed by atoms with van der Waals surface area (Å²) in [5.74, 6) is -4.06. The second-order valence-corrected chi connectivity index (χ2v) is 6.63. The van der Waals surface area contributed by atoms with Crippen LogP contribution in [0.1, 0.15) is 40.5 Å². The smallest absolute Gasteiger partial charge is 0.325 e. The highest BCUT2D eigenvalue weighted by Gasteiger charge is 2.28. The molecular formula is C16H29N5O6. The van der Waals surface area contributed by atoms with Crippen LogP contribution >= 0.6 is 0 Å². The van der Waals surface area contributed by atoms with Gasteiger partial charge < -0.3 is 32.5 Å². The first kappa shape index (κ1) is 24.3. The summed E-state index contributed by atoms with van der Waals surface area (Å²) in [6.45, 7) is 6.10. The summed E-state index contributed by atoms with van der Waals surface area (Å²) in [5.41, 5.74) is 10.8. The van der Waals surface area contributed by atoms with Crippen LogP contribution in [-0.4, -0.2) is 58.9 Å². The van der Waals surface area contributed by atoms with Crippen molar-refractivity contribution in [1.82, 2.24) is 16.0 Å². The Morgan fingerprint density at radius 2 is 1.37 bits per heavy atom. The zero-order valence-electron chi connectivity index (χ0n) is 15.9. The van der Waals surface area contributed by atoms with Gasteiger partial charge in [0.05, 0.1) is 6.04 Å². The van der Waals surface area contributed by atoms with E-state index in [9.17, 15) is 24.0 Å². The van der Waals surface area contributed by atoms with Crippen molar-refractivity contribution in [2.24, 2.45) is 17.4 Å². The number of primary amides is 1. The van der Waals surface area contributed by atoms with Crippen molar-refractivity contribution < 1.29 is 29.1 Å². The first-order valence-corrected chi connectivity index (χ1v) is 8.54. The van der Waals surface area contributed by atoms with Crippen molar-refractivity contribution in [3.63, 3.8) is 0 Å². The third-order valence-corrected chi connectivity index (χ3v) is 3.81. The maximum atomic E-state index is 12.4. The molecule has 0 aliphatic rings. The van der Waals surface area contributed by atoms with Gasteiger partial charge in [0.25, 0.3) is 0 Å². The molecule has 8 N–H and O–H groups in total. The summed E-state index contributed by atoms with van der Waals surface area (Å²) in [6, 6.07) is -4.18. The van der Waals surface area contributed by atoms with Crippen molar-refractivity contribution in [1.29, 1.82) is 0 Å². The molecule has 0 heterocycles. The summed E-state index contributed by atoms with van der Waals surface area (Å²) >= 11 is 0. The predicted molar refractivity (Wildman–Crippen MR) is 96.0 cm³/mol. The average Bonchev–Trinajstić information content (AvgIpc) is 2.56. The molecule has 0 saturated carbocycles. The Morgan fingerprint density at radius 1 is 0.852 bits per heavy atom. The van der Waals surface area contributed by atoms with Crippen LogP contribution in [0.4, 0.5) is 0 Å². The minimum atomic E-state index is -1.23. The number of rotatable bonds is 11. The van der Waals surface area contributed by atoms with E-state index in [4.69, 9.17) is 16.6 Å². The van der Waals surface area contributed by atoms with Gasteiger partial charge in [0, 0.05) is 6.42 Å². The minimum Gasteiger partial charge on any atom is -0.480 e. The number of nitrogens with two attached hydrogens (primary N) is 2. The highest BCUT2D eigenvalue weighted by atomic mass is 16.4. The van der Waals surface area contributed by atoms with Crippen LogP contribution in [0.3, 0.4) is 0 Å². The fraction of sp³-hybridized carbons (Fsp3) is 0.688. The Morgan fingerprint density at radius 3 is 1.81 bits per heavy atom. The van der Waals surface area contributed by atoms with E-state index < -0.39 is 53.8 Å². The van der Waals surface area contributed by atoms with Gasteiger partial charge in [-0.2, -0.15) is 0 Å². The number of amides is 4. The molecule has 4 atom stereocenters. The van der Waals surface area contributed by atoms with E-state index in [1.54, 1.807) is 13.8 Å². The van der Waals surface area contributed by atoms with E-state index in [0.717, 1.165) is 0 Å². The first-order valence-electron chi connectivity index (χ1n) is 8.54. The van der Waals surface area contributed by atoms with E-state index in [1.807, 2.05) is 0 Å². The Kier molecular flexibility index (Phi) is 10.0. The SMILES string of the molecule is CC(NC(=O)C(C)NC(=O)C(CCC(N)=O)NC(=O)C(N)C(C)C)C(=O)O.